The first-order valence-electron chi connectivity index (χ1n) is 3.97. The van der Waals surface area contributed by atoms with Crippen molar-refractivity contribution in [1.29, 1.82) is 0 Å². The van der Waals surface area contributed by atoms with E-state index in [4.69, 9.17) is 5.73 Å². The molecule has 0 saturated carbocycles. The summed E-state index contributed by atoms with van der Waals surface area (Å²) in [7, 11) is 0. The van der Waals surface area contributed by atoms with Crippen molar-refractivity contribution < 1.29 is 4.39 Å². The molecular weight excluding hydrogens is 265 g/mol. The van der Waals surface area contributed by atoms with Crippen LogP contribution in [-0.2, 0) is 0 Å². The highest BCUT2D eigenvalue weighted by Crippen LogP contribution is 2.34. The molecule has 0 radical (unpaired) electrons. The van der Waals surface area contributed by atoms with Crippen molar-refractivity contribution in [3.63, 3.8) is 0 Å². The number of rotatable bonds is 1. The van der Waals surface area contributed by atoms with Gasteiger partial charge in [-0.25, -0.2) is 4.39 Å². The van der Waals surface area contributed by atoms with Gasteiger partial charge in [-0.05, 0) is 46.3 Å². The molecule has 0 fully saturated rings. The highest BCUT2D eigenvalue weighted by molar-refractivity contribution is 9.11. The summed E-state index contributed by atoms with van der Waals surface area (Å²) in [5.74, 6) is -0.304. The highest BCUT2D eigenvalue weighted by Gasteiger charge is 2.05. The number of benzene rings is 1. The Labute approximate surface area is 93.5 Å². The van der Waals surface area contributed by atoms with Crippen LogP contribution in [0.5, 0.6) is 0 Å². The highest BCUT2D eigenvalue weighted by atomic mass is 79.9. The molecule has 72 valence electrons. The van der Waals surface area contributed by atoms with Crippen LogP contribution in [0.25, 0.3) is 10.4 Å². The molecular formula is C10H7BrFNS. The fourth-order valence-corrected chi connectivity index (χ4v) is 2.65. The number of nitrogen functional groups attached to an aromatic ring is 1. The fraction of sp³-hybridized carbons (Fsp3) is 0. The molecule has 1 aromatic carbocycles. The molecule has 0 atom stereocenters. The van der Waals surface area contributed by atoms with Gasteiger partial charge < -0.3 is 5.73 Å². The summed E-state index contributed by atoms with van der Waals surface area (Å²) < 4.78 is 13.8. The second-order valence-electron chi connectivity index (χ2n) is 2.84. The second kappa shape index (κ2) is 3.71. The van der Waals surface area contributed by atoms with Crippen LogP contribution in [0.4, 0.5) is 10.1 Å². The van der Waals surface area contributed by atoms with E-state index in [1.165, 1.54) is 12.1 Å². The van der Waals surface area contributed by atoms with Crippen LogP contribution in [-0.4, -0.2) is 0 Å². The molecule has 0 unspecified atom stereocenters. The van der Waals surface area contributed by atoms with Crippen molar-refractivity contribution in [3.05, 3.63) is 39.9 Å². The Balaban J connectivity index is 2.52. The summed E-state index contributed by atoms with van der Waals surface area (Å²) in [5.41, 5.74) is 7.06. The van der Waals surface area contributed by atoms with Crippen molar-refractivity contribution in [1.82, 2.24) is 0 Å². The zero-order valence-corrected chi connectivity index (χ0v) is 9.53. The van der Waals surface area contributed by atoms with Gasteiger partial charge >= 0.3 is 0 Å². The summed E-state index contributed by atoms with van der Waals surface area (Å²) in [6.45, 7) is 0. The van der Waals surface area contributed by atoms with Crippen molar-refractivity contribution >= 4 is 33.0 Å². The van der Waals surface area contributed by atoms with Gasteiger partial charge in [0, 0.05) is 16.1 Å². The van der Waals surface area contributed by atoms with E-state index >= 15 is 0 Å². The van der Waals surface area contributed by atoms with E-state index in [2.05, 4.69) is 15.9 Å². The van der Waals surface area contributed by atoms with Crippen LogP contribution < -0.4 is 5.73 Å². The molecule has 2 N–H and O–H groups in total. The summed E-state index contributed by atoms with van der Waals surface area (Å²) in [4.78, 5) is 1.04. The van der Waals surface area contributed by atoms with Crippen molar-refractivity contribution in [2.24, 2.45) is 0 Å². The van der Waals surface area contributed by atoms with Gasteiger partial charge in [-0.3, -0.25) is 0 Å². The summed E-state index contributed by atoms with van der Waals surface area (Å²) in [6, 6.07) is 8.35. The van der Waals surface area contributed by atoms with Gasteiger partial charge in [-0.1, -0.05) is 0 Å². The zero-order chi connectivity index (χ0) is 10.1. The molecule has 0 aliphatic heterocycles. The molecule has 0 spiro atoms. The van der Waals surface area contributed by atoms with E-state index in [1.807, 2.05) is 12.1 Å². The standard InChI is InChI=1S/C10H7BrFNS/c11-10-4-3-9(14-10)7-2-1-6(12)5-8(7)13/h1-5H,13H2. The number of nitrogens with two attached hydrogens (primary N) is 1. The summed E-state index contributed by atoms with van der Waals surface area (Å²) in [6.07, 6.45) is 0. The fourth-order valence-electron chi connectivity index (χ4n) is 1.22. The monoisotopic (exact) mass is 271 g/mol. The predicted molar refractivity (Wildman–Crippen MR) is 61.8 cm³/mol. The van der Waals surface area contributed by atoms with Gasteiger partial charge in [-0.2, -0.15) is 0 Å². The van der Waals surface area contributed by atoms with Gasteiger partial charge in [-0.15, -0.1) is 11.3 Å². The average Bonchev–Trinajstić information content (AvgIpc) is 2.51. The third-order valence-corrected chi connectivity index (χ3v) is 3.51. The molecule has 0 amide bonds. The molecule has 1 nitrogen and oxygen atoms in total. The maximum absolute atomic E-state index is 12.8. The minimum atomic E-state index is -0.304. The minimum Gasteiger partial charge on any atom is -0.398 e. The van der Waals surface area contributed by atoms with Crippen LogP contribution in [0.15, 0.2) is 34.1 Å². The lowest BCUT2D eigenvalue weighted by Crippen LogP contribution is -1.89. The third-order valence-electron chi connectivity index (χ3n) is 1.85. The largest absolute Gasteiger partial charge is 0.398 e. The molecule has 2 rings (SSSR count). The zero-order valence-electron chi connectivity index (χ0n) is 7.13. The smallest absolute Gasteiger partial charge is 0.125 e. The topological polar surface area (TPSA) is 26.0 Å². The molecule has 2 aromatic rings. The Morgan fingerprint density at radius 1 is 1.21 bits per heavy atom. The first-order valence-corrected chi connectivity index (χ1v) is 5.58. The SMILES string of the molecule is Nc1cc(F)ccc1-c1ccc(Br)s1. The number of hydrogen-bond acceptors (Lipinski definition) is 2. The van der Waals surface area contributed by atoms with Crippen molar-refractivity contribution in [3.8, 4) is 10.4 Å². The molecule has 1 heterocycles. The van der Waals surface area contributed by atoms with Gasteiger partial charge in [0.15, 0.2) is 0 Å². The van der Waals surface area contributed by atoms with E-state index in [0.717, 1.165) is 14.2 Å². The maximum atomic E-state index is 12.8. The van der Waals surface area contributed by atoms with Crippen molar-refractivity contribution in [2.45, 2.75) is 0 Å². The normalized spacial score (nSPS) is 10.4. The predicted octanol–water partition coefficient (Wildman–Crippen LogP) is 3.90. The Hall–Kier alpha value is -0.870. The molecule has 4 heteroatoms. The molecule has 1 aromatic heterocycles. The van der Waals surface area contributed by atoms with Crippen LogP contribution >= 0.6 is 27.3 Å². The Morgan fingerprint density at radius 2 is 2.00 bits per heavy atom. The lowest BCUT2D eigenvalue weighted by molar-refractivity contribution is 0.628. The number of hydrogen-bond donors (Lipinski definition) is 1. The van der Waals surface area contributed by atoms with E-state index in [9.17, 15) is 4.39 Å². The maximum Gasteiger partial charge on any atom is 0.125 e. The molecule has 0 aliphatic carbocycles. The first-order chi connectivity index (χ1) is 6.66. The van der Waals surface area contributed by atoms with Gasteiger partial charge in [0.25, 0.3) is 0 Å². The van der Waals surface area contributed by atoms with Gasteiger partial charge in [0.1, 0.15) is 5.82 Å². The third kappa shape index (κ3) is 1.81. The quantitative estimate of drug-likeness (QED) is 0.783. The summed E-state index contributed by atoms with van der Waals surface area (Å²) in [5, 5.41) is 0. The van der Waals surface area contributed by atoms with Gasteiger partial charge in [0.05, 0.1) is 3.79 Å². The Kier molecular flexibility index (Phi) is 2.56. The lowest BCUT2D eigenvalue weighted by Gasteiger charge is -2.01. The molecule has 0 aliphatic rings. The average molecular weight is 272 g/mol. The van der Waals surface area contributed by atoms with E-state index in [0.29, 0.717) is 5.69 Å². The van der Waals surface area contributed by atoms with Crippen LogP contribution in [0.3, 0.4) is 0 Å². The van der Waals surface area contributed by atoms with Gasteiger partial charge in [0.2, 0.25) is 0 Å². The first kappa shape index (κ1) is 9.68. The molecule has 0 saturated heterocycles. The minimum absolute atomic E-state index is 0.304. The van der Waals surface area contributed by atoms with Crippen molar-refractivity contribution in [2.75, 3.05) is 5.73 Å². The lowest BCUT2D eigenvalue weighted by atomic mass is 10.1. The van der Waals surface area contributed by atoms with Crippen LogP contribution in [0.2, 0.25) is 0 Å². The molecule has 0 bridgehead atoms. The Bertz CT molecular complexity index is 467. The van der Waals surface area contributed by atoms with E-state index in [-0.39, 0.29) is 5.82 Å². The number of anilines is 1. The van der Waals surface area contributed by atoms with Crippen LogP contribution in [0, 0.1) is 5.82 Å². The molecule has 14 heavy (non-hydrogen) atoms. The van der Waals surface area contributed by atoms with E-state index in [1.54, 1.807) is 17.4 Å². The second-order valence-corrected chi connectivity index (χ2v) is 5.30. The van der Waals surface area contributed by atoms with E-state index < -0.39 is 0 Å². The number of thiophene rings is 1. The summed E-state index contributed by atoms with van der Waals surface area (Å²) >= 11 is 4.95. The van der Waals surface area contributed by atoms with Crippen LogP contribution in [0.1, 0.15) is 0 Å². The Morgan fingerprint density at radius 3 is 2.57 bits per heavy atom. The number of halogens is 2.